The average molecular weight is 350 g/mol. The molecule has 2 amide bonds. The summed E-state index contributed by atoms with van der Waals surface area (Å²) in [6.45, 7) is 0.303. The van der Waals surface area contributed by atoms with Crippen molar-refractivity contribution < 1.29 is 14.8 Å². The number of hydroxylamine groups is 1. The summed E-state index contributed by atoms with van der Waals surface area (Å²) in [5.74, 6) is -0.0368. The fourth-order valence-corrected chi connectivity index (χ4v) is 2.59. The fourth-order valence-electron chi connectivity index (χ4n) is 2.59. The van der Waals surface area contributed by atoms with Crippen LogP contribution in [0.1, 0.15) is 21.7 Å². The lowest BCUT2D eigenvalue weighted by molar-refractivity contribution is -0.124. The van der Waals surface area contributed by atoms with E-state index in [1.807, 2.05) is 48.0 Å². The summed E-state index contributed by atoms with van der Waals surface area (Å²) in [4.78, 5) is 27.8. The summed E-state index contributed by atoms with van der Waals surface area (Å²) in [6.07, 6.45) is 2.81. The first kappa shape index (κ1) is 17.4. The molecule has 1 heterocycles. The van der Waals surface area contributed by atoms with E-state index >= 15 is 0 Å². The number of aromatic nitrogens is 2. The van der Waals surface area contributed by atoms with Crippen molar-refractivity contribution in [1.29, 1.82) is 0 Å². The highest BCUT2D eigenvalue weighted by molar-refractivity contribution is 5.94. The third-order valence-electron chi connectivity index (χ3n) is 3.98. The maximum absolute atomic E-state index is 12.2. The minimum absolute atomic E-state index is 0.156. The monoisotopic (exact) mass is 350 g/mol. The molecule has 0 unspecified atom stereocenters. The lowest BCUT2D eigenvalue weighted by Gasteiger charge is -2.05. The van der Waals surface area contributed by atoms with Crippen molar-refractivity contribution in [3.05, 3.63) is 71.6 Å². The van der Waals surface area contributed by atoms with E-state index in [0.717, 1.165) is 22.4 Å². The predicted molar refractivity (Wildman–Crippen MR) is 97.3 cm³/mol. The maximum atomic E-state index is 12.2. The van der Waals surface area contributed by atoms with Crippen molar-refractivity contribution in [3.63, 3.8) is 0 Å². The molecule has 3 aromatic rings. The van der Waals surface area contributed by atoms with Gasteiger partial charge < -0.3 is 9.88 Å². The Kier molecular flexibility index (Phi) is 5.09. The van der Waals surface area contributed by atoms with Crippen LogP contribution in [0.5, 0.6) is 0 Å². The summed E-state index contributed by atoms with van der Waals surface area (Å²) in [6, 6.07) is 14.6. The minimum Gasteiger partial charge on any atom is -0.345 e. The average Bonchev–Trinajstić information content (AvgIpc) is 3.00. The van der Waals surface area contributed by atoms with Crippen molar-refractivity contribution in [1.82, 2.24) is 20.3 Å². The smallest absolute Gasteiger partial charge is 0.267 e. The molecular formula is C19H18N4O3. The van der Waals surface area contributed by atoms with Crippen molar-refractivity contribution in [2.75, 3.05) is 0 Å². The van der Waals surface area contributed by atoms with Gasteiger partial charge in [-0.2, -0.15) is 0 Å². The zero-order chi connectivity index (χ0) is 18.5. The molecule has 2 aromatic carbocycles. The Bertz CT molecular complexity index is 977. The van der Waals surface area contributed by atoms with Gasteiger partial charge in [-0.25, -0.2) is 10.5 Å². The van der Waals surface area contributed by atoms with E-state index in [-0.39, 0.29) is 5.91 Å². The molecule has 7 heteroatoms. The van der Waals surface area contributed by atoms with Gasteiger partial charge in [0.25, 0.3) is 11.8 Å². The number of hydrogen-bond acceptors (Lipinski definition) is 4. The number of nitrogens with zero attached hydrogens (tertiary/aromatic N) is 2. The maximum Gasteiger partial charge on any atom is 0.267 e. The standard InChI is InChI=1S/C19H18N4O3/c1-23-16-9-7-13(8-10-18(24)22-26)11-15(16)21-17(23)12-20-19(25)14-5-3-2-4-6-14/h2-11,26H,12H2,1H3,(H,20,25)(H,22,24). The highest BCUT2D eigenvalue weighted by Crippen LogP contribution is 2.18. The zero-order valence-corrected chi connectivity index (χ0v) is 14.1. The number of carbonyl (C=O) groups is 2. The second-order valence-electron chi connectivity index (χ2n) is 5.69. The topological polar surface area (TPSA) is 96.2 Å². The number of carbonyl (C=O) groups excluding carboxylic acids is 2. The molecule has 0 bridgehead atoms. The van der Waals surface area contributed by atoms with Crippen LogP contribution < -0.4 is 10.8 Å². The van der Waals surface area contributed by atoms with Crippen LogP contribution in [0.3, 0.4) is 0 Å². The Morgan fingerprint density at radius 1 is 1.19 bits per heavy atom. The van der Waals surface area contributed by atoms with Crippen molar-refractivity contribution in [2.45, 2.75) is 6.54 Å². The molecule has 0 aliphatic rings. The fraction of sp³-hybridized carbons (Fsp3) is 0.105. The molecule has 0 saturated carbocycles. The Labute approximate surface area is 149 Å². The molecule has 7 nitrogen and oxygen atoms in total. The Balaban J connectivity index is 1.77. The number of hydrogen-bond donors (Lipinski definition) is 3. The summed E-state index contributed by atoms with van der Waals surface area (Å²) in [5.41, 5.74) is 4.58. The van der Waals surface area contributed by atoms with Crippen LogP contribution in [-0.4, -0.2) is 26.6 Å². The van der Waals surface area contributed by atoms with Gasteiger partial charge in [-0.3, -0.25) is 14.8 Å². The van der Waals surface area contributed by atoms with E-state index in [1.165, 1.54) is 6.08 Å². The molecule has 0 atom stereocenters. The van der Waals surface area contributed by atoms with Crippen LogP contribution in [0, 0.1) is 0 Å². The van der Waals surface area contributed by atoms with Gasteiger partial charge in [-0.1, -0.05) is 24.3 Å². The van der Waals surface area contributed by atoms with Crippen molar-refractivity contribution >= 4 is 28.9 Å². The largest absolute Gasteiger partial charge is 0.345 e. The third-order valence-corrected chi connectivity index (χ3v) is 3.98. The van der Waals surface area contributed by atoms with E-state index in [2.05, 4.69) is 10.3 Å². The van der Waals surface area contributed by atoms with Gasteiger partial charge in [-0.15, -0.1) is 0 Å². The van der Waals surface area contributed by atoms with Crippen LogP contribution in [-0.2, 0) is 18.4 Å². The van der Waals surface area contributed by atoms with Crippen LogP contribution in [0.4, 0.5) is 0 Å². The molecule has 0 radical (unpaired) electrons. The highest BCUT2D eigenvalue weighted by atomic mass is 16.5. The summed E-state index contributed by atoms with van der Waals surface area (Å²) in [7, 11) is 1.88. The van der Waals surface area contributed by atoms with E-state index in [0.29, 0.717) is 12.1 Å². The molecule has 3 N–H and O–H groups in total. The zero-order valence-electron chi connectivity index (χ0n) is 14.1. The molecule has 0 fully saturated rings. The first-order valence-electron chi connectivity index (χ1n) is 7.99. The Hall–Kier alpha value is -3.45. The van der Waals surface area contributed by atoms with Gasteiger partial charge in [0.15, 0.2) is 0 Å². The molecule has 0 aliphatic carbocycles. The molecule has 0 spiro atoms. The summed E-state index contributed by atoms with van der Waals surface area (Å²) in [5, 5.41) is 11.4. The second-order valence-corrected chi connectivity index (χ2v) is 5.69. The summed E-state index contributed by atoms with van der Waals surface area (Å²) < 4.78 is 1.91. The second kappa shape index (κ2) is 7.62. The molecule has 0 aliphatic heterocycles. The van der Waals surface area contributed by atoms with E-state index < -0.39 is 5.91 Å². The van der Waals surface area contributed by atoms with Crippen LogP contribution in [0.2, 0.25) is 0 Å². The van der Waals surface area contributed by atoms with Crippen LogP contribution >= 0.6 is 0 Å². The molecule has 132 valence electrons. The number of imidazole rings is 1. The number of nitrogens with one attached hydrogen (secondary N) is 2. The molecule has 0 saturated heterocycles. The van der Waals surface area contributed by atoms with Gasteiger partial charge in [0.2, 0.25) is 0 Å². The van der Waals surface area contributed by atoms with Gasteiger partial charge in [0.05, 0.1) is 17.6 Å². The highest BCUT2D eigenvalue weighted by Gasteiger charge is 2.10. The Morgan fingerprint density at radius 2 is 1.96 bits per heavy atom. The normalized spacial score (nSPS) is 11.0. The van der Waals surface area contributed by atoms with Gasteiger partial charge in [-0.05, 0) is 35.9 Å². The van der Waals surface area contributed by atoms with Crippen LogP contribution in [0.25, 0.3) is 17.1 Å². The number of benzene rings is 2. The van der Waals surface area contributed by atoms with Crippen LogP contribution in [0.15, 0.2) is 54.6 Å². The van der Waals surface area contributed by atoms with Crippen molar-refractivity contribution in [2.24, 2.45) is 7.05 Å². The molecule has 3 rings (SSSR count). The van der Waals surface area contributed by atoms with Crippen molar-refractivity contribution in [3.8, 4) is 0 Å². The van der Waals surface area contributed by atoms with Gasteiger partial charge in [0, 0.05) is 18.7 Å². The molecule has 26 heavy (non-hydrogen) atoms. The number of fused-ring (bicyclic) bond motifs is 1. The Morgan fingerprint density at radius 3 is 2.69 bits per heavy atom. The number of rotatable bonds is 5. The first-order valence-corrected chi connectivity index (χ1v) is 7.99. The lowest BCUT2D eigenvalue weighted by Crippen LogP contribution is -2.24. The minimum atomic E-state index is -0.601. The van der Waals surface area contributed by atoms with E-state index in [9.17, 15) is 9.59 Å². The quantitative estimate of drug-likeness (QED) is 0.373. The SMILES string of the molecule is Cn1c(CNC(=O)c2ccccc2)nc2cc(C=CC(=O)NO)ccc21. The van der Waals surface area contributed by atoms with Gasteiger partial charge in [0.1, 0.15) is 5.82 Å². The first-order chi connectivity index (χ1) is 12.6. The molecular weight excluding hydrogens is 332 g/mol. The van der Waals surface area contributed by atoms with E-state index in [4.69, 9.17) is 5.21 Å². The molecule has 1 aromatic heterocycles. The van der Waals surface area contributed by atoms with E-state index in [1.54, 1.807) is 23.7 Å². The number of aryl methyl sites for hydroxylation is 1. The summed E-state index contributed by atoms with van der Waals surface area (Å²) >= 11 is 0. The predicted octanol–water partition coefficient (Wildman–Crippen LogP) is 2.02. The number of amides is 2. The van der Waals surface area contributed by atoms with Gasteiger partial charge >= 0.3 is 0 Å². The lowest BCUT2D eigenvalue weighted by atomic mass is 10.2. The third kappa shape index (κ3) is 3.79.